The van der Waals surface area contributed by atoms with Gasteiger partial charge in [-0.05, 0) is 0 Å². The first-order valence-electron chi connectivity index (χ1n) is 1.99. The molecule has 0 aliphatic heterocycles. The highest BCUT2D eigenvalue weighted by molar-refractivity contribution is 7.86. The first kappa shape index (κ1) is 12.0. The van der Waals surface area contributed by atoms with Crippen LogP contribution in [0, 0.1) is 0 Å². The molecular formula is C2H9N3O4S. The molecule has 8 heteroatoms. The van der Waals surface area contributed by atoms with Gasteiger partial charge in [0.2, 0.25) is 0 Å². The average Bonchev–Trinajstić information content (AvgIpc) is 1.61. The molecule has 0 atom stereocenters. The second kappa shape index (κ2) is 5.11. The molecular weight excluding hydrogens is 162 g/mol. The molecule has 0 bridgehead atoms. The van der Waals surface area contributed by atoms with E-state index in [2.05, 4.69) is 16.0 Å². The molecule has 0 saturated carbocycles. The van der Waals surface area contributed by atoms with Crippen LogP contribution in [0.3, 0.4) is 0 Å². The first-order chi connectivity index (χ1) is 4.27. The molecule has 7 N–H and O–H groups in total. The third-order valence-electron chi connectivity index (χ3n) is 0.175. The highest BCUT2D eigenvalue weighted by atomic mass is 32.2. The van der Waals surface area contributed by atoms with Crippen LogP contribution in [0.4, 0.5) is 0 Å². The molecule has 0 heterocycles. The minimum atomic E-state index is -3.67. The molecule has 0 aromatic heterocycles. The van der Waals surface area contributed by atoms with Crippen LogP contribution in [0.5, 0.6) is 0 Å². The molecule has 0 spiro atoms. The molecule has 0 aromatic carbocycles. The van der Waals surface area contributed by atoms with Gasteiger partial charge in [0.1, 0.15) is 0 Å². The molecule has 0 amide bonds. The van der Waals surface area contributed by atoms with Crippen LogP contribution in [0.1, 0.15) is 0 Å². The van der Waals surface area contributed by atoms with Crippen molar-refractivity contribution in [1.82, 2.24) is 0 Å². The third kappa shape index (κ3) is 171. The summed E-state index contributed by atoms with van der Waals surface area (Å²) in [7, 11) is -3.67. The van der Waals surface area contributed by atoms with E-state index < -0.39 is 16.2 Å². The van der Waals surface area contributed by atoms with Gasteiger partial charge in [-0.2, -0.15) is 8.42 Å². The van der Waals surface area contributed by atoms with Crippen LogP contribution in [0.15, 0.2) is 0 Å². The number of hydrogen-bond donors (Lipinski definition) is 4. The largest absolute Gasteiger partial charge is 0.480 e. The van der Waals surface area contributed by atoms with Crippen LogP contribution < -0.4 is 16.0 Å². The molecule has 10 heavy (non-hydrogen) atoms. The molecule has 0 unspecified atom stereocenters. The Balaban J connectivity index is 0. The Labute approximate surface area is 58.0 Å². The number of rotatable bonds is 1. The van der Waals surface area contributed by atoms with Crippen molar-refractivity contribution in [2.75, 3.05) is 6.54 Å². The van der Waals surface area contributed by atoms with Gasteiger partial charge in [0.25, 0.3) is 10.2 Å². The second-order valence-corrected chi connectivity index (χ2v) is 2.36. The van der Waals surface area contributed by atoms with Gasteiger partial charge in [0, 0.05) is 0 Å². The predicted molar refractivity (Wildman–Crippen MR) is 34.0 cm³/mol. The van der Waals surface area contributed by atoms with Crippen molar-refractivity contribution in [1.29, 1.82) is 0 Å². The van der Waals surface area contributed by atoms with E-state index in [-0.39, 0.29) is 6.54 Å². The van der Waals surface area contributed by atoms with Crippen LogP contribution in [-0.4, -0.2) is 26.0 Å². The third-order valence-corrected chi connectivity index (χ3v) is 0.175. The summed E-state index contributed by atoms with van der Waals surface area (Å²) < 4.78 is 18.4. The van der Waals surface area contributed by atoms with E-state index in [1.807, 2.05) is 0 Å². The predicted octanol–water partition coefficient (Wildman–Crippen LogP) is -2.82. The van der Waals surface area contributed by atoms with Crippen molar-refractivity contribution < 1.29 is 18.3 Å². The second-order valence-electron chi connectivity index (χ2n) is 1.19. The fourth-order valence-electron chi connectivity index (χ4n) is 0. The molecule has 0 fully saturated rings. The Kier molecular flexibility index (Phi) is 6.15. The molecule has 0 saturated heterocycles. The monoisotopic (exact) mass is 171 g/mol. The molecule has 0 aromatic rings. The minimum Gasteiger partial charge on any atom is -0.480 e. The van der Waals surface area contributed by atoms with Gasteiger partial charge in [-0.3, -0.25) is 4.79 Å². The number of carboxylic acid groups (broad SMARTS) is 1. The van der Waals surface area contributed by atoms with Crippen molar-refractivity contribution in [3.8, 4) is 0 Å². The molecule has 62 valence electrons. The van der Waals surface area contributed by atoms with Gasteiger partial charge in [0.15, 0.2) is 0 Å². The van der Waals surface area contributed by atoms with E-state index >= 15 is 0 Å². The Morgan fingerprint density at radius 2 is 1.50 bits per heavy atom. The van der Waals surface area contributed by atoms with E-state index in [9.17, 15) is 13.2 Å². The van der Waals surface area contributed by atoms with E-state index in [1.165, 1.54) is 0 Å². The molecule has 7 nitrogen and oxygen atoms in total. The summed E-state index contributed by atoms with van der Waals surface area (Å²) in [5.41, 5.74) is 4.57. The highest BCUT2D eigenvalue weighted by Gasteiger charge is 1.81. The smallest absolute Gasteiger partial charge is 0.317 e. The van der Waals surface area contributed by atoms with Crippen molar-refractivity contribution in [2.24, 2.45) is 16.0 Å². The van der Waals surface area contributed by atoms with Crippen LogP contribution in [-0.2, 0) is 15.0 Å². The lowest BCUT2D eigenvalue weighted by molar-refractivity contribution is -0.135. The van der Waals surface area contributed by atoms with Crippen LogP contribution >= 0.6 is 0 Å². The van der Waals surface area contributed by atoms with Gasteiger partial charge in [-0.15, -0.1) is 0 Å². The van der Waals surface area contributed by atoms with E-state index in [1.54, 1.807) is 0 Å². The summed E-state index contributed by atoms with van der Waals surface area (Å²) in [5, 5.41) is 15.8. The summed E-state index contributed by atoms with van der Waals surface area (Å²) in [6.07, 6.45) is 0. The Bertz CT molecular complexity index is 177. The zero-order chi connectivity index (χ0) is 8.78. The van der Waals surface area contributed by atoms with Crippen molar-refractivity contribution in [3.63, 3.8) is 0 Å². The summed E-state index contributed by atoms with van der Waals surface area (Å²) >= 11 is 0. The average molecular weight is 171 g/mol. The fourth-order valence-corrected chi connectivity index (χ4v) is 0. The summed E-state index contributed by atoms with van der Waals surface area (Å²) in [4.78, 5) is 9.24. The first-order valence-corrected chi connectivity index (χ1v) is 3.60. The molecule has 0 radical (unpaired) electrons. The zero-order valence-electron chi connectivity index (χ0n) is 5.02. The lowest BCUT2D eigenvalue weighted by atomic mass is 10.7. The van der Waals surface area contributed by atoms with Gasteiger partial charge in [-0.1, -0.05) is 0 Å². The number of hydrogen-bond acceptors (Lipinski definition) is 4. The molecule has 0 aliphatic carbocycles. The van der Waals surface area contributed by atoms with E-state index in [0.717, 1.165) is 0 Å². The van der Waals surface area contributed by atoms with Gasteiger partial charge in [-0.25, -0.2) is 10.3 Å². The lowest BCUT2D eigenvalue weighted by Crippen LogP contribution is -2.21. The van der Waals surface area contributed by atoms with Crippen LogP contribution in [0.25, 0.3) is 0 Å². The fraction of sp³-hybridized carbons (Fsp3) is 0.500. The maximum atomic E-state index is 9.24. The topological polar surface area (TPSA) is 150 Å². The van der Waals surface area contributed by atoms with Crippen molar-refractivity contribution in [3.05, 3.63) is 0 Å². The zero-order valence-corrected chi connectivity index (χ0v) is 5.84. The Morgan fingerprint density at radius 3 is 1.50 bits per heavy atom. The number of aliphatic carboxylic acids is 1. The Hall–Kier alpha value is -0.700. The maximum Gasteiger partial charge on any atom is 0.317 e. The SMILES string of the molecule is NCC(=O)O.NS(N)(=O)=O. The quantitative estimate of drug-likeness (QED) is 0.335. The maximum absolute atomic E-state index is 9.24. The van der Waals surface area contributed by atoms with Gasteiger partial charge >= 0.3 is 5.97 Å². The summed E-state index contributed by atoms with van der Waals surface area (Å²) in [5.74, 6) is -0.968. The summed E-state index contributed by atoms with van der Waals surface area (Å²) in [6.45, 7) is -0.278. The van der Waals surface area contributed by atoms with Crippen molar-refractivity contribution in [2.45, 2.75) is 0 Å². The summed E-state index contributed by atoms with van der Waals surface area (Å²) in [6, 6.07) is 0. The van der Waals surface area contributed by atoms with E-state index in [4.69, 9.17) is 5.11 Å². The number of carbonyl (C=O) groups is 1. The Morgan fingerprint density at radius 1 is 1.40 bits per heavy atom. The van der Waals surface area contributed by atoms with Gasteiger partial charge < -0.3 is 10.8 Å². The highest BCUT2D eigenvalue weighted by Crippen LogP contribution is 1.43. The number of carboxylic acids is 1. The number of nitrogens with two attached hydrogens (primary N) is 3. The normalized spacial score (nSPS) is 9.50. The standard InChI is InChI=1S/C2H5NO2.H4N2O2S/c3-1-2(4)5;1-5(2,3)4/h1,3H2,(H,4,5);(H4,1,2,3,4). The van der Waals surface area contributed by atoms with E-state index in [0.29, 0.717) is 0 Å². The minimum absolute atomic E-state index is 0.278. The van der Waals surface area contributed by atoms with Crippen LogP contribution in [0.2, 0.25) is 0 Å². The lowest BCUT2D eigenvalue weighted by Gasteiger charge is -1.73. The van der Waals surface area contributed by atoms with Gasteiger partial charge in [0.05, 0.1) is 6.54 Å². The molecule has 0 rings (SSSR count). The van der Waals surface area contributed by atoms with Crippen molar-refractivity contribution >= 4 is 16.2 Å². The molecule has 0 aliphatic rings.